The molecule has 0 unspecified atom stereocenters. The van der Waals surface area contributed by atoms with Gasteiger partial charge in [-0.3, -0.25) is 0 Å². The van der Waals surface area contributed by atoms with Crippen LogP contribution in [-0.2, 0) is 6.42 Å². The average Bonchev–Trinajstić information content (AvgIpc) is 2.76. The van der Waals surface area contributed by atoms with E-state index in [1.54, 1.807) is 11.3 Å². The summed E-state index contributed by atoms with van der Waals surface area (Å²) in [5.74, 6) is 0.688. The molecule has 0 saturated carbocycles. The van der Waals surface area contributed by atoms with Crippen LogP contribution in [0.3, 0.4) is 0 Å². The first-order valence-corrected chi connectivity index (χ1v) is 6.85. The molecule has 0 radical (unpaired) electrons. The molecular formula is C12H11Cl2NS. The van der Waals surface area contributed by atoms with Crippen molar-refractivity contribution in [3.05, 3.63) is 40.4 Å². The standard InChI is InChI=1S/C12H11Cl2NS/c13-7-1-2-11-8-16-12(15-11)9-3-5-10(14)6-4-9/h3-6,8H,1-2,7H2. The number of aryl methyl sites for hydroxylation is 1. The van der Waals surface area contributed by atoms with Crippen LogP contribution in [0.1, 0.15) is 12.1 Å². The molecule has 0 aliphatic rings. The fraction of sp³-hybridized carbons (Fsp3) is 0.250. The smallest absolute Gasteiger partial charge is 0.123 e. The second-order valence-electron chi connectivity index (χ2n) is 3.44. The SMILES string of the molecule is ClCCCc1csc(-c2ccc(Cl)cc2)n1. The molecule has 1 aromatic carbocycles. The Morgan fingerprint density at radius 2 is 1.94 bits per heavy atom. The fourth-order valence-corrected chi connectivity index (χ4v) is 2.51. The van der Waals surface area contributed by atoms with Crippen LogP contribution >= 0.6 is 34.5 Å². The van der Waals surface area contributed by atoms with Crippen molar-refractivity contribution in [3.8, 4) is 10.6 Å². The Balaban J connectivity index is 2.15. The summed E-state index contributed by atoms with van der Waals surface area (Å²) >= 11 is 13.2. The van der Waals surface area contributed by atoms with E-state index in [9.17, 15) is 0 Å². The summed E-state index contributed by atoms with van der Waals surface area (Å²) in [5.41, 5.74) is 2.24. The zero-order chi connectivity index (χ0) is 11.4. The van der Waals surface area contributed by atoms with E-state index in [4.69, 9.17) is 23.2 Å². The molecule has 0 amide bonds. The highest BCUT2D eigenvalue weighted by molar-refractivity contribution is 7.13. The Labute approximate surface area is 109 Å². The maximum atomic E-state index is 5.84. The number of aromatic nitrogens is 1. The van der Waals surface area contributed by atoms with E-state index in [1.807, 2.05) is 24.3 Å². The fourth-order valence-electron chi connectivity index (χ4n) is 1.39. The molecule has 0 atom stereocenters. The molecule has 1 nitrogen and oxygen atoms in total. The lowest BCUT2D eigenvalue weighted by Crippen LogP contribution is -1.86. The minimum absolute atomic E-state index is 0.688. The van der Waals surface area contributed by atoms with Crippen LogP contribution in [0, 0.1) is 0 Å². The van der Waals surface area contributed by atoms with Crippen LogP contribution in [0.2, 0.25) is 5.02 Å². The van der Waals surface area contributed by atoms with Crippen molar-refractivity contribution >= 4 is 34.5 Å². The van der Waals surface area contributed by atoms with Crippen molar-refractivity contribution in [1.82, 2.24) is 4.98 Å². The first-order valence-electron chi connectivity index (χ1n) is 5.06. The number of alkyl halides is 1. The predicted molar refractivity (Wildman–Crippen MR) is 71.6 cm³/mol. The highest BCUT2D eigenvalue weighted by atomic mass is 35.5. The number of benzene rings is 1. The third kappa shape index (κ3) is 2.97. The maximum Gasteiger partial charge on any atom is 0.123 e. The summed E-state index contributed by atoms with van der Waals surface area (Å²) in [7, 11) is 0. The number of halogens is 2. The normalized spacial score (nSPS) is 10.6. The average molecular weight is 272 g/mol. The van der Waals surface area contributed by atoms with Crippen molar-refractivity contribution in [2.45, 2.75) is 12.8 Å². The molecule has 4 heteroatoms. The van der Waals surface area contributed by atoms with Gasteiger partial charge in [-0.2, -0.15) is 0 Å². The molecule has 0 aliphatic carbocycles. The van der Waals surface area contributed by atoms with Crippen LogP contribution < -0.4 is 0 Å². The number of nitrogens with zero attached hydrogens (tertiary/aromatic N) is 1. The van der Waals surface area contributed by atoms with Gasteiger partial charge in [0.25, 0.3) is 0 Å². The molecule has 0 bridgehead atoms. The summed E-state index contributed by atoms with van der Waals surface area (Å²) in [6.45, 7) is 0. The summed E-state index contributed by atoms with van der Waals surface area (Å²) in [6.07, 6.45) is 1.93. The van der Waals surface area contributed by atoms with E-state index in [2.05, 4.69) is 10.4 Å². The van der Waals surface area contributed by atoms with Crippen molar-refractivity contribution in [2.75, 3.05) is 5.88 Å². The molecule has 84 valence electrons. The third-order valence-electron chi connectivity index (χ3n) is 2.21. The van der Waals surface area contributed by atoms with Gasteiger partial charge < -0.3 is 0 Å². The molecule has 0 N–H and O–H groups in total. The molecule has 1 heterocycles. The number of thiazole rings is 1. The minimum Gasteiger partial charge on any atom is -0.241 e. The third-order valence-corrected chi connectivity index (χ3v) is 3.67. The van der Waals surface area contributed by atoms with E-state index in [0.717, 1.165) is 34.1 Å². The van der Waals surface area contributed by atoms with E-state index in [1.165, 1.54) is 0 Å². The zero-order valence-corrected chi connectivity index (χ0v) is 10.9. The maximum absolute atomic E-state index is 5.84. The topological polar surface area (TPSA) is 12.9 Å². The van der Waals surface area contributed by atoms with Gasteiger partial charge in [-0.05, 0) is 25.0 Å². The van der Waals surface area contributed by atoms with E-state index in [-0.39, 0.29) is 0 Å². The van der Waals surface area contributed by atoms with Gasteiger partial charge in [0.05, 0.1) is 5.69 Å². The largest absolute Gasteiger partial charge is 0.241 e. The van der Waals surface area contributed by atoms with E-state index in [0.29, 0.717) is 5.88 Å². The van der Waals surface area contributed by atoms with Gasteiger partial charge in [0.15, 0.2) is 0 Å². The monoisotopic (exact) mass is 271 g/mol. The Morgan fingerprint density at radius 3 is 2.62 bits per heavy atom. The molecule has 0 aliphatic heterocycles. The molecule has 0 fully saturated rings. The van der Waals surface area contributed by atoms with Gasteiger partial charge in [0.2, 0.25) is 0 Å². The van der Waals surface area contributed by atoms with Gasteiger partial charge >= 0.3 is 0 Å². The second-order valence-corrected chi connectivity index (χ2v) is 5.12. The van der Waals surface area contributed by atoms with E-state index >= 15 is 0 Å². The van der Waals surface area contributed by atoms with E-state index < -0.39 is 0 Å². The van der Waals surface area contributed by atoms with Gasteiger partial charge in [-0.1, -0.05) is 23.7 Å². The van der Waals surface area contributed by atoms with Crippen LogP contribution in [0.25, 0.3) is 10.6 Å². The molecular weight excluding hydrogens is 261 g/mol. The summed E-state index contributed by atoms with van der Waals surface area (Å²) in [5, 5.41) is 3.89. The Kier molecular flexibility index (Phi) is 4.22. The van der Waals surface area contributed by atoms with Crippen molar-refractivity contribution < 1.29 is 0 Å². The number of hydrogen-bond donors (Lipinski definition) is 0. The summed E-state index contributed by atoms with van der Waals surface area (Å²) < 4.78 is 0. The molecule has 16 heavy (non-hydrogen) atoms. The lowest BCUT2D eigenvalue weighted by molar-refractivity contribution is 0.900. The Hall–Kier alpha value is -0.570. The van der Waals surface area contributed by atoms with Crippen LogP contribution in [0.4, 0.5) is 0 Å². The quantitative estimate of drug-likeness (QED) is 0.739. The molecule has 1 aromatic heterocycles. The molecule has 0 saturated heterocycles. The molecule has 2 rings (SSSR count). The molecule has 0 spiro atoms. The van der Waals surface area contributed by atoms with Gasteiger partial charge in [0, 0.05) is 21.8 Å². The number of rotatable bonds is 4. The first kappa shape index (κ1) is 11.9. The van der Waals surface area contributed by atoms with Crippen molar-refractivity contribution in [1.29, 1.82) is 0 Å². The van der Waals surface area contributed by atoms with Crippen molar-refractivity contribution in [2.24, 2.45) is 0 Å². The second kappa shape index (κ2) is 5.67. The highest BCUT2D eigenvalue weighted by Crippen LogP contribution is 2.25. The van der Waals surface area contributed by atoms with Crippen LogP contribution in [0.5, 0.6) is 0 Å². The number of hydrogen-bond acceptors (Lipinski definition) is 2. The lowest BCUT2D eigenvalue weighted by atomic mass is 10.2. The van der Waals surface area contributed by atoms with Crippen LogP contribution in [-0.4, -0.2) is 10.9 Å². The van der Waals surface area contributed by atoms with Crippen LogP contribution in [0.15, 0.2) is 29.6 Å². The Bertz CT molecular complexity index is 450. The highest BCUT2D eigenvalue weighted by Gasteiger charge is 2.04. The van der Waals surface area contributed by atoms with Gasteiger partial charge in [0.1, 0.15) is 5.01 Å². The first-order chi connectivity index (χ1) is 7.79. The minimum atomic E-state index is 0.688. The molecule has 2 aromatic rings. The van der Waals surface area contributed by atoms with Crippen molar-refractivity contribution in [3.63, 3.8) is 0 Å². The Morgan fingerprint density at radius 1 is 1.19 bits per heavy atom. The predicted octanol–water partition coefficient (Wildman–Crippen LogP) is 4.63. The zero-order valence-electron chi connectivity index (χ0n) is 8.62. The summed E-state index contributed by atoms with van der Waals surface area (Å²) in [6, 6.07) is 7.76. The summed E-state index contributed by atoms with van der Waals surface area (Å²) in [4.78, 5) is 4.56. The van der Waals surface area contributed by atoms with Gasteiger partial charge in [-0.15, -0.1) is 22.9 Å². The lowest BCUT2D eigenvalue weighted by Gasteiger charge is -1.96. The van der Waals surface area contributed by atoms with Gasteiger partial charge in [-0.25, -0.2) is 4.98 Å².